The highest BCUT2D eigenvalue weighted by atomic mass is 16.5. The third-order valence-corrected chi connectivity index (χ3v) is 5.21. The Balaban J connectivity index is 1.80. The first kappa shape index (κ1) is 22.2. The van der Waals surface area contributed by atoms with E-state index in [4.69, 9.17) is 4.74 Å². The summed E-state index contributed by atoms with van der Waals surface area (Å²) in [6.07, 6.45) is 12.3. The predicted octanol–water partition coefficient (Wildman–Crippen LogP) is 7.60. The maximum atomic E-state index is 12.1. The van der Waals surface area contributed by atoms with Crippen molar-refractivity contribution in [2.45, 2.75) is 78.1 Å². The van der Waals surface area contributed by atoms with Gasteiger partial charge in [-0.05, 0) is 48.1 Å². The van der Waals surface area contributed by atoms with Crippen LogP contribution in [0.2, 0.25) is 0 Å². The summed E-state index contributed by atoms with van der Waals surface area (Å²) in [5.74, 6) is -0.225. The van der Waals surface area contributed by atoms with E-state index in [1.807, 2.05) is 24.3 Å². The quantitative estimate of drug-likeness (QED) is 0.264. The molecule has 0 N–H and O–H groups in total. The minimum absolute atomic E-state index is 0.225. The van der Waals surface area contributed by atoms with Gasteiger partial charge in [0.15, 0.2) is 0 Å². The molecule has 0 aliphatic rings. The first-order valence-electron chi connectivity index (χ1n) is 11.1. The molecular weight excluding hydrogens is 344 g/mol. The van der Waals surface area contributed by atoms with Gasteiger partial charge in [0.1, 0.15) is 0 Å². The number of unbranched alkanes of at least 4 members (excludes halogenated alkanes) is 7. The fraction of sp³-hybridized carbons (Fsp3) is 0.500. The molecule has 0 aliphatic heterocycles. The normalized spacial score (nSPS) is 10.8. The van der Waals surface area contributed by atoms with Gasteiger partial charge < -0.3 is 4.74 Å². The molecule has 0 fully saturated rings. The molecule has 2 aromatic carbocycles. The van der Waals surface area contributed by atoms with Crippen molar-refractivity contribution in [2.24, 2.45) is 0 Å². The first-order valence-corrected chi connectivity index (χ1v) is 11.1. The Labute approximate surface area is 171 Å². The molecule has 152 valence electrons. The van der Waals surface area contributed by atoms with Crippen molar-refractivity contribution < 1.29 is 9.53 Å². The van der Waals surface area contributed by atoms with Crippen LogP contribution in [0, 0.1) is 0 Å². The van der Waals surface area contributed by atoms with Crippen LogP contribution in [0.5, 0.6) is 0 Å². The number of hydrogen-bond acceptors (Lipinski definition) is 2. The molecule has 0 aromatic heterocycles. The van der Waals surface area contributed by atoms with Crippen molar-refractivity contribution in [2.75, 3.05) is 6.61 Å². The van der Waals surface area contributed by atoms with Gasteiger partial charge in [-0.3, -0.25) is 0 Å². The van der Waals surface area contributed by atoms with Crippen LogP contribution in [0.3, 0.4) is 0 Å². The molecule has 0 atom stereocenters. The lowest BCUT2D eigenvalue weighted by Gasteiger charge is -2.07. The van der Waals surface area contributed by atoms with Crippen molar-refractivity contribution in [3.05, 3.63) is 59.7 Å². The molecule has 2 nitrogen and oxygen atoms in total. The summed E-state index contributed by atoms with van der Waals surface area (Å²) in [7, 11) is 0. The van der Waals surface area contributed by atoms with Crippen molar-refractivity contribution in [1.29, 1.82) is 0 Å². The Morgan fingerprint density at radius 1 is 0.679 bits per heavy atom. The van der Waals surface area contributed by atoms with Crippen molar-refractivity contribution in [3.63, 3.8) is 0 Å². The van der Waals surface area contributed by atoms with E-state index in [1.54, 1.807) is 0 Å². The Morgan fingerprint density at radius 3 is 1.86 bits per heavy atom. The molecule has 0 amide bonds. The highest BCUT2D eigenvalue weighted by Gasteiger charge is 2.07. The number of aryl methyl sites for hydroxylation is 1. The van der Waals surface area contributed by atoms with E-state index in [2.05, 4.69) is 38.1 Å². The summed E-state index contributed by atoms with van der Waals surface area (Å²) in [5, 5.41) is 0. The number of hydrogen-bond donors (Lipinski definition) is 0. The van der Waals surface area contributed by atoms with Gasteiger partial charge in [0.25, 0.3) is 0 Å². The van der Waals surface area contributed by atoms with E-state index in [1.165, 1.54) is 49.7 Å². The van der Waals surface area contributed by atoms with E-state index >= 15 is 0 Å². The predicted molar refractivity (Wildman–Crippen MR) is 119 cm³/mol. The molecule has 0 aliphatic carbocycles. The number of carbonyl (C=O) groups is 1. The van der Waals surface area contributed by atoms with Crippen LogP contribution in [0.4, 0.5) is 0 Å². The van der Waals surface area contributed by atoms with Crippen LogP contribution in [-0.4, -0.2) is 12.6 Å². The Hall–Kier alpha value is -2.09. The minimum Gasteiger partial charge on any atom is -0.462 e. The Morgan fingerprint density at radius 2 is 1.21 bits per heavy atom. The summed E-state index contributed by atoms with van der Waals surface area (Å²) in [6.45, 7) is 4.91. The van der Waals surface area contributed by atoms with Gasteiger partial charge in [-0.2, -0.15) is 0 Å². The summed E-state index contributed by atoms with van der Waals surface area (Å²) in [6, 6.07) is 16.6. The van der Waals surface area contributed by atoms with Crippen LogP contribution in [0.15, 0.2) is 48.5 Å². The molecule has 2 aromatic rings. The third-order valence-electron chi connectivity index (χ3n) is 5.21. The van der Waals surface area contributed by atoms with Gasteiger partial charge in [0.05, 0.1) is 12.2 Å². The Kier molecular flexibility index (Phi) is 10.4. The molecule has 0 bridgehead atoms. The average Bonchev–Trinajstić information content (AvgIpc) is 2.74. The smallest absolute Gasteiger partial charge is 0.338 e. The highest BCUT2D eigenvalue weighted by molar-refractivity contribution is 5.90. The number of carbonyl (C=O) groups excluding carboxylic acids is 1. The molecular formula is C26H36O2. The number of rotatable bonds is 13. The zero-order valence-corrected chi connectivity index (χ0v) is 17.7. The van der Waals surface area contributed by atoms with E-state index in [-0.39, 0.29) is 5.97 Å². The van der Waals surface area contributed by atoms with Crippen LogP contribution < -0.4 is 0 Å². The summed E-state index contributed by atoms with van der Waals surface area (Å²) in [4.78, 5) is 12.1. The monoisotopic (exact) mass is 380 g/mol. The van der Waals surface area contributed by atoms with Gasteiger partial charge in [-0.25, -0.2) is 4.79 Å². The molecule has 2 rings (SSSR count). The lowest BCUT2D eigenvalue weighted by Crippen LogP contribution is -2.06. The molecule has 0 saturated heterocycles. The fourth-order valence-electron chi connectivity index (χ4n) is 3.37. The van der Waals surface area contributed by atoms with Crippen LogP contribution in [0.1, 0.15) is 87.6 Å². The second-order valence-corrected chi connectivity index (χ2v) is 7.64. The molecule has 2 heteroatoms. The fourth-order valence-corrected chi connectivity index (χ4v) is 3.37. The molecule has 0 spiro atoms. The van der Waals surface area contributed by atoms with Crippen molar-refractivity contribution in [1.82, 2.24) is 0 Å². The van der Waals surface area contributed by atoms with Crippen molar-refractivity contribution >= 4 is 5.97 Å². The topological polar surface area (TPSA) is 26.3 Å². The molecule has 0 radical (unpaired) electrons. The van der Waals surface area contributed by atoms with Gasteiger partial charge in [0.2, 0.25) is 0 Å². The van der Waals surface area contributed by atoms with E-state index in [0.717, 1.165) is 31.2 Å². The van der Waals surface area contributed by atoms with Gasteiger partial charge >= 0.3 is 5.97 Å². The zero-order valence-electron chi connectivity index (χ0n) is 17.7. The van der Waals surface area contributed by atoms with E-state index < -0.39 is 0 Å². The highest BCUT2D eigenvalue weighted by Crippen LogP contribution is 2.21. The van der Waals surface area contributed by atoms with Gasteiger partial charge in [-0.1, -0.05) is 95.2 Å². The van der Waals surface area contributed by atoms with Crippen LogP contribution in [-0.2, 0) is 11.2 Å². The zero-order chi connectivity index (χ0) is 20.0. The van der Waals surface area contributed by atoms with Crippen molar-refractivity contribution in [3.8, 4) is 11.1 Å². The van der Waals surface area contributed by atoms with Gasteiger partial charge in [-0.15, -0.1) is 0 Å². The van der Waals surface area contributed by atoms with Gasteiger partial charge in [0, 0.05) is 0 Å². The molecule has 0 saturated carbocycles. The average molecular weight is 381 g/mol. The Bertz CT molecular complexity index is 671. The maximum Gasteiger partial charge on any atom is 0.338 e. The minimum atomic E-state index is -0.225. The van der Waals surface area contributed by atoms with E-state index in [9.17, 15) is 4.79 Å². The van der Waals surface area contributed by atoms with E-state index in [0.29, 0.717) is 12.2 Å². The molecule has 0 heterocycles. The lowest BCUT2D eigenvalue weighted by molar-refractivity contribution is 0.0498. The van der Waals surface area contributed by atoms with Crippen LogP contribution >= 0.6 is 0 Å². The van der Waals surface area contributed by atoms with Crippen LogP contribution in [0.25, 0.3) is 11.1 Å². The number of esters is 1. The second kappa shape index (κ2) is 13.1. The third kappa shape index (κ3) is 7.88. The molecule has 0 unspecified atom stereocenters. The number of ether oxygens (including phenoxy) is 1. The first-order chi connectivity index (χ1) is 13.7. The summed E-state index contributed by atoms with van der Waals surface area (Å²) in [5.41, 5.74) is 4.36. The standard InChI is InChI=1S/C26H36O2/c1-3-5-7-8-9-10-12-22-13-15-23(16-14-22)24-17-19-25(20-18-24)26(27)28-21-11-6-4-2/h13-20H,3-12,21H2,1-2H3. The maximum absolute atomic E-state index is 12.1. The number of benzene rings is 2. The second-order valence-electron chi connectivity index (χ2n) is 7.64. The summed E-state index contributed by atoms with van der Waals surface area (Å²) < 4.78 is 5.32. The lowest BCUT2D eigenvalue weighted by atomic mass is 10.00. The molecule has 28 heavy (non-hydrogen) atoms. The SMILES string of the molecule is CCCCCCCCc1ccc(-c2ccc(C(=O)OCCCCC)cc2)cc1. The largest absolute Gasteiger partial charge is 0.462 e. The summed E-state index contributed by atoms with van der Waals surface area (Å²) >= 11 is 0.